The first-order valence-corrected chi connectivity index (χ1v) is 25.9. The van der Waals surface area contributed by atoms with Crippen LogP contribution in [0.3, 0.4) is 0 Å². The third-order valence-electron chi connectivity index (χ3n) is 11.3. The molecular weight excluding hydrogens is 945 g/mol. The Bertz CT molecular complexity index is 2550. The predicted octanol–water partition coefficient (Wildman–Crippen LogP) is 12.3. The highest BCUT2D eigenvalue weighted by atomic mass is 32.2. The normalized spacial score (nSPS) is 15.2. The number of esters is 2. The van der Waals surface area contributed by atoms with Crippen LogP contribution in [0.2, 0.25) is 0 Å². The van der Waals surface area contributed by atoms with Gasteiger partial charge in [0.2, 0.25) is 0 Å². The van der Waals surface area contributed by atoms with Crippen LogP contribution in [-0.4, -0.2) is 86.4 Å². The van der Waals surface area contributed by atoms with Crippen LogP contribution in [0.25, 0.3) is 22.3 Å². The van der Waals surface area contributed by atoms with Crippen LogP contribution in [-0.2, 0) is 51.6 Å². The lowest BCUT2D eigenvalue weighted by Crippen LogP contribution is -2.58. The maximum Gasteiger partial charge on any atom is 0.389 e. The van der Waals surface area contributed by atoms with Crippen molar-refractivity contribution in [2.45, 2.75) is 157 Å². The van der Waals surface area contributed by atoms with Crippen molar-refractivity contribution in [1.29, 1.82) is 0 Å². The van der Waals surface area contributed by atoms with Crippen LogP contribution in [0.15, 0.2) is 107 Å². The predicted molar refractivity (Wildman–Crippen MR) is 256 cm³/mol. The van der Waals surface area contributed by atoms with Gasteiger partial charge in [-0.2, -0.15) is 26.3 Å². The number of carbonyl (C=O) groups excluding carboxylic acids is 2. The van der Waals surface area contributed by atoms with E-state index < -0.39 is 78.5 Å². The number of likely N-dealkylation sites (tertiary alicyclic amines) is 1. The molecule has 4 aromatic carbocycles. The van der Waals surface area contributed by atoms with E-state index in [1.54, 1.807) is 102 Å². The molecule has 1 heterocycles. The van der Waals surface area contributed by atoms with Crippen molar-refractivity contribution >= 4 is 31.6 Å². The molecule has 1 saturated heterocycles. The minimum atomic E-state index is -4.16. The van der Waals surface area contributed by atoms with Crippen molar-refractivity contribution in [2.75, 3.05) is 18.8 Å². The second kappa shape index (κ2) is 22.1. The molecule has 9 nitrogen and oxygen atoms in total. The van der Waals surface area contributed by atoms with Crippen molar-refractivity contribution in [3.05, 3.63) is 108 Å². The van der Waals surface area contributed by atoms with Gasteiger partial charge < -0.3 is 9.47 Å². The van der Waals surface area contributed by atoms with E-state index in [9.17, 15) is 52.8 Å². The number of hydrogen-bond acceptors (Lipinski definition) is 9. The molecule has 0 amide bonds. The van der Waals surface area contributed by atoms with Gasteiger partial charge in [-0.05, 0) is 158 Å². The minimum absolute atomic E-state index is 0.0147. The van der Waals surface area contributed by atoms with E-state index in [0.29, 0.717) is 25.9 Å². The lowest BCUT2D eigenvalue weighted by molar-refractivity contribution is -0.160. The molecule has 5 rings (SSSR count). The molecule has 69 heavy (non-hydrogen) atoms. The van der Waals surface area contributed by atoms with Gasteiger partial charge in [0.15, 0.2) is 30.2 Å². The maximum absolute atomic E-state index is 14.1. The molecule has 0 N–H and O–H groups in total. The number of piperidine rings is 1. The number of sulfone groups is 2. The van der Waals surface area contributed by atoms with Gasteiger partial charge in [0.25, 0.3) is 0 Å². The number of nitrogens with zero attached hydrogens (tertiary/aromatic N) is 1. The molecule has 0 spiro atoms. The van der Waals surface area contributed by atoms with E-state index in [4.69, 9.17) is 9.47 Å². The highest BCUT2D eigenvalue weighted by Crippen LogP contribution is 2.40. The SMILES string of the molecule is CC(C)(C)OC(=O)C1(S(=O)(=O)c2ccc(-c3ccc(CCCC(F)(F)F)cc3)cc2)CCN(C(C)(C)C)CC1.CC(C)(C)OC(=O)CS(=O)(=O)c1ccc(-c2ccc(CCCC(F)(F)F)cc2)cc1. The lowest BCUT2D eigenvalue weighted by Gasteiger charge is -2.45. The van der Waals surface area contributed by atoms with Crippen LogP contribution < -0.4 is 0 Å². The number of carbonyl (C=O) groups is 2. The number of rotatable bonds is 14. The van der Waals surface area contributed by atoms with Crippen LogP contribution in [0, 0.1) is 0 Å². The highest BCUT2D eigenvalue weighted by molar-refractivity contribution is 7.93. The summed E-state index contributed by atoms with van der Waals surface area (Å²) >= 11 is 0. The van der Waals surface area contributed by atoms with Crippen molar-refractivity contribution in [3.8, 4) is 22.3 Å². The summed E-state index contributed by atoms with van der Waals surface area (Å²) in [4.78, 5) is 27.6. The average Bonchev–Trinajstić information content (AvgIpc) is 3.22. The fourth-order valence-electron chi connectivity index (χ4n) is 7.72. The van der Waals surface area contributed by atoms with Crippen molar-refractivity contribution in [3.63, 3.8) is 0 Å². The Hall–Kier alpha value is -4.74. The number of alkyl halides is 6. The number of halogens is 6. The molecule has 0 radical (unpaired) electrons. The smallest absolute Gasteiger partial charge is 0.389 e. The molecule has 0 aliphatic carbocycles. The molecule has 0 atom stereocenters. The van der Waals surface area contributed by atoms with Crippen LogP contribution >= 0.6 is 0 Å². The Kier molecular flexibility index (Phi) is 18.2. The van der Waals surface area contributed by atoms with Gasteiger partial charge >= 0.3 is 24.3 Å². The Morgan fingerprint density at radius 3 is 1.22 bits per heavy atom. The van der Waals surface area contributed by atoms with Gasteiger partial charge in [-0.3, -0.25) is 14.5 Å². The van der Waals surface area contributed by atoms with Crippen LogP contribution in [0.4, 0.5) is 26.3 Å². The first kappa shape index (κ1) is 56.8. The van der Waals surface area contributed by atoms with E-state index >= 15 is 0 Å². The summed E-state index contributed by atoms with van der Waals surface area (Å²) in [6.07, 6.45) is -8.93. The summed E-state index contributed by atoms with van der Waals surface area (Å²) in [5, 5.41) is 0. The second-order valence-corrected chi connectivity index (χ2v) is 24.6. The fourth-order valence-corrected chi connectivity index (χ4v) is 10.7. The third-order valence-corrected chi connectivity index (χ3v) is 15.4. The van der Waals surface area contributed by atoms with E-state index in [-0.39, 0.29) is 41.0 Å². The monoisotopic (exact) mass is 1010 g/mol. The summed E-state index contributed by atoms with van der Waals surface area (Å²) in [7, 11) is -7.91. The zero-order valence-corrected chi connectivity index (χ0v) is 42.4. The first-order valence-electron chi connectivity index (χ1n) is 22.8. The summed E-state index contributed by atoms with van der Waals surface area (Å²) < 4.78 is 136. The topological polar surface area (TPSA) is 124 Å². The van der Waals surface area contributed by atoms with Gasteiger partial charge in [0.05, 0.1) is 9.79 Å². The summed E-state index contributed by atoms with van der Waals surface area (Å²) in [5.74, 6) is -2.27. The molecule has 0 unspecified atom stereocenters. The van der Waals surface area contributed by atoms with E-state index in [1.165, 1.54) is 24.3 Å². The first-order chi connectivity index (χ1) is 31.6. The molecule has 0 aromatic heterocycles. The van der Waals surface area contributed by atoms with Gasteiger partial charge in [0, 0.05) is 31.5 Å². The quantitative estimate of drug-likeness (QED) is 0.0897. The van der Waals surface area contributed by atoms with Gasteiger partial charge in [-0.25, -0.2) is 16.8 Å². The van der Waals surface area contributed by atoms with E-state index in [1.807, 2.05) is 12.1 Å². The molecule has 380 valence electrons. The Morgan fingerprint density at radius 1 is 0.536 bits per heavy atom. The molecule has 0 saturated carbocycles. The minimum Gasteiger partial charge on any atom is -0.459 e. The molecular formula is C52H65F6NO8S2. The van der Waals surface area contributed by atoms with Crippen LogP contribution in [0.1, 0.15) is 112 Å². The number of hydrogen-bond donors (Lipinski definition) is 0. The Labute approximate surface area is 403 Å². The second-order valence-electron chi connectivity index (χ2n) is 20.4. The molecule has 1 aliphatic heterocycles. The Morgan fingerprint density at radius 2 is 0.884 bits per heavy atom. The fraction of sp³-hybridized carbons (Fsp3) is 0.500. The number of ether oxygens (including phenoxy) is 2. The van der Waals surface area contributed by atoms with Crippen LogP contribution in [0.5, 0.6) is 0 Å². The van der Waals surface area contributed by atoms with Crippen molar-refractivity contribution in [1.82, 2.24) is 4.90 Å². The summed E-state index contributed by atoms with van der Waals surface area (Å²) in [6, 6.07) is 26.8. The molecule has 17 heteroatoms. The lowest BCUT2D eigenvalue weighted by atomic mass is 9.92. The molecule has 4 aromatic rings. The summed E-state index contributed by atoms with van der Waals surface area (Å²) in [6.45, 7) is 17.3. The van der Waals surface area contributed by atoms with E-state index in [0.717, 1.165) is 33.4 Å². The third kappa shape index (κ3) is 17.3. The number of benzene rings is 4. The zero-order valence-electron chi connectivity index (χ0n) is 40.8. The highest BCUT2D eigenvalue weighted by Gasteiger charge is 2.55. The standard InChI is InChI=1S/C30H40F3NO4S.C22H25F3O4S/c1-27(2,3)34-20-18-29(19-21-34,26(35)38-28(4,5)6)39(36,37)25-15-13-24(14-16-25)23-11-9-22(10-12-23)8-7-17-30(31,32)33;1-21(2,3)29-20(26)15-30(27,28)19-12-10-18(11-13-19)17-8-6-16(7-9-17)5-4-14-22(23,24)25/h9-16H,7-8,17-21H2,1-6H3;6-13H,4-5,14-15H2,1-3H3. The summed E-state index contributed by atoms with van der Waals surface area (Å²) in [5.41, 5.74) is 3.02. The van der Waals surface area contributed by atoms with E-state index in [2.05, 4.69) is 25.7 Å². The van der Waals surface area contributed by atoms with Crippen molar-refractivity contribution in [2.24, 2.45) is 0 Å². The Balaban J connectivity index is 0.000000311. The molecule has 1 fully saturated rings. The maximum atomic E-state index is 14.1. The van der Waals surface area contributed by atoms with Gasteiger partial charge in [-0.1, -0.05) is 72.8 Å². The number of aryl methyl sites for hydroxylation is 2. The zero-order chi connectivity index (χ0) is 51.9. The molecule has 1 aliphatic rings. The largest absolute Gasteiger partial charge is 0.459 e. The molecule has 0 bridgehead atoms. The van der Waals surface area contributed by atoms with Gasteiger partial charge in [0.1, 0.15) is 11.2 Å². The van der Waals surface area contributed by atoms with Gasteiger partial charge in [-0.15, -0.1) is 0 Å². The van der Waals surface area contributed by atoms with Crippen molar-refractivity contribution < 1.29 is 62.2 Å². The average molecular weight is 1010 g/mol.